The molecule has 1 amide bonds. The van der Waals surface area contributed by atoms with Gasteiger partial charge in [-0.2, -0.15) is 0 Å². The average Bonchev–Trinajstić information content (AvgIpc) is 3.28. The molecule has 166 valence electrons. The highest BCUT2D eigenvalue weighted by atomic mass is 16.8. The van der Waals surface area contributed by atoms with E-state index < -0.39 is 49.5 Å². The highest BCUT2D eigenvalue weighted by Crippen LogP contribution is 2.36. The van der Waals surface area contributed by atoms with Crippen molar-refractivity contribution in [1.29, 1.82) is 0 Å². The molecular weight excluding hydrogens is 410 g/mol. The summed E-state index contributed by atoms with van der Waals surface area (Å²) in [5, 5.41) is 11.9. The van der Waals surface area contributed by atoms with Crippen LogP contribution in [0.4, 0.5) is 0 Å². The molecule has 0 radical (unpaired) electrons. The van der Waals surface area contributed by atoms with Crippen LogP contribution in [-0.4, -0.2) is 60.8 Å². The molecule has 1 aromatic heterocycles. The minimum Gasteiger partial charge on any atom is -0.480 e. The quantitative estimate of drug-likeness (QED) is 0.668. The molecule has 2 fully saturated rings. The largest absolute Gasteiger partial charge is 0.480 e. The lowest BCUT2D eigenvalue weighted by molar-refractivity contribution is -0.340. The Morgan fingerprint density at radius 2 is 1.97 bits per heavy atom. The Hall–Kier alpha value is -2.92. The number of carboxylic acid groups (broad SMARTS) is 1. The van der Waals surface area contributed by atoms with Crippen LogP contribution < -0.4 is 10.1 Å². The maximum absolute atomic E-state index is 11.9. The minimum atomic E-state index is -1.15. The van der Waals surface area contributed by atoms with E-state index in [1.54, 1.807) is 36.4 Å². The summed E-state index contributed by atoms with van der Waals surface area (Å²) in [6, 6.07) is 11.5. The number of ether oxygens (including phenoxy) is 5. The monoisotopic (exact) mass is 433 g/mol. The SMILES string of the molecule is CC(=O)N[C@H]1[C@H](Oc2ccccc2)O[C@@H]2CO[C@H](c3ccco3)O[C@H]2[C@@H]1OCC(=O)O. The van der Waals surface area contributed by atoms with Crippen molar-refractivity contribution < 1.29 is 42.8 Å². The Bertz CT molecular complexity index is 872. The van der Waals surface area contributed by atoms with E-state index in [9.17, 15) is 9.59 Å². The van der Waals surface area contributed by atoms with Crippen LogP contribution in [-0.2, 0) is 28.5 Å². The second-order valence-electron chi connectivity index (χ2n) is 7.15. The fourth-order valence-corrected chi connectivity index (χ4v) is 3.63. The maximum atomic E-state index is 11.9. The Morgan fingerprint density at radius 3 is 2.65 bits per heavy atom. The van der Waals surface area contributed by atoms with Crippen LogP contribution in [0.3, 0.4) is 0 Å². The molecule has 2 aliphatic heterocycles. The Labute approximate surface area is 178 Å². The minimum absolute atomic E-state index is 0.129. The molecule has 0 unspecified atom stereocenters. The first-order valence-corrected chi connectivity index (χ1v) is 9.79. The predicted octanol–water partition coefficient (Wildman–Crippen LogP) is 1.47. The Balaban J connectivity index is 1.61. The van der Waals surface area contributed by atoms with Gasteiger partial charge in [-0.25, -0.2) is 4.79 Å². The highest BCUT2D eigenvalue weighted by molar-refractivity contribution is 5.73. The van der Waals surface area contributed by atoms with Gasteiger partial charge in [0.25, 0.3) is 0 Å². The molecule has 0 spiro atoms. The predicted molar refractivity (Wildman–Crippen MR) is 103 cm³/mol. The molecular formula is C21H23NO9. The summed E-state index contributed by atoms with van der Waals surface area (Å²) in [6.07, 6.45) is -2.53. The van der Waals surface area contributed by atoms with Gasteiger partial charge in [-0.3, -0.25) is 4.79 Å². The molecule has 0 bridgehead atoms. The number of hydrogen-bond acceptors (Lipinski definition) is 8. The normalized spacial score (nSPS) is 30.2. The summed E-state index contributed by atoms with van der Waals surface area (Å²) in [5.74, 6) is -0.536. The van der Waals surface area contributed by atoms with Crippen molar-refractivity contribution in [1.82, 2.24) is 5.32 Å². The van der Waals surface area contributed by atoms with E-state index in [0.29, 0.717) is 11.5 Å². The molecule has 2 aromatic rings. The zero-order valence-corrected chi connectivity index (χ0v) is 16.7. The topological polar surface area (TPSA) is 126 Å². The van der Waals surface area contributed by atoms with Crippen LogP contribution in [0.25, 0.3) is 0 Å². The van der Waals surface area contributed by atoms with E-state index in [1.807, 2.05) is 6.07 Å². The Morgan fingerprint density at radius 1 is 1.16 bits per heavy atom. The summed E-state index contributed by atoms with van der Waals surface area (Å²) in [6.45, 7) is 0.887. The molecule has 2 N–H and O–H groups in total. The van der Waals surface area contributed by atoms with Crippen LogP contribution in [0, 0.1) is 0 Å². The molecule has 4 rings (SSSR count). The lowest BCUT2D eigenvalue weighted by atomic mass is 9.95. The summed E-state index contributed by atoms with van der Waals surface area (Å²) < 4.78 is 34.8. The second-order valence-corrected chi connectivity index (χ2v) is 7.15. The number of hydrogen-bond donors (Lipinski definition) is 2. The van der Waals surface area contributed by atoms with E-state index >= 15 is 0 Å². The molecule has 0 saturated carbocycles. The van der Waals surface area contributed by atoms with Gasteiger partial charge in [0.15, 0.2) is 5.76 Å². The lowest BCUT2D eigenvalue weighted by Gasteiger charge is -2.48. The highest BCUT2D eigenvalue weighted by Gasteiger charge is 2.52. The first kappa shape index (κ1) is 21.3. The van der Waals surface area contributed by atoms with Gasteiger partial charge >= 0.3 is 5.97 Å². The number of furan rings is 1. The summed E-state index contributed by atoms with van der Waals surface area (Å²) in [4.78, 5) is 23.1. The Kier molecular flexibility index (Phi) is 6.52. The third kappa shape index (κ3) is 5.05. The summed E-state index contributed by atoms with van der Waals surface area (Å²) >= 11 is 0. The van der Waals surface area contributed by atoms with Crippen molar-refractivity contribution in [3.63, 3.8) is 0 Å². The summed E-state index contributed by atoms with van der Waals surface area (Å²) in [5.41, 5.74) is 0. The van der Waals surface area contributed by atoms with Crippen LogP contribution in [0.5, 0.6) is 5.75 Å². The van der Waals surface area contributed by atoms with Gasteiger partial charge in [0.1, 0.15) is 36.7 Å². The van der Waals surface area contributed by atoms with Gasteiger partial charge in [-0.15, -0.1) is 0 Å². The number of carbonyl (C=O) groups is 2. The lowest BCUT2D eigenvalue weighted by Crippen LogP contribution is -2.68. The molecule has 6 atom stereocenters. The molecule has 3 heterocycles. The van der Waals surface area contributed by atoms with Crippen molar-refractivity contribution in [2.45, 2.75) is 43.9 Å². The number of rotatable bonds is 7. The first-order valence-electron chi connectivity index (χ1n) is 9.79. The van der Waals surface area contributed by atoms with Gasteiger partial charge in [0.05, 0.1) is 12.9 Å². The van der Waals surface area contributed by atoms with E-state index in [4.69, 9.17) is 33.2 Å². The fourth-order valence-electron chi connectivity index (χ4n) is 3.63. The molecule has 2 saturated heterocycles. The van der Waals surface area contributed by atoms with Gasteiger partial charge in [0, 0.05) is 6.92 Å². The van der Waals surface area contributed by atoms with Crippen LogP contribution in [0.15, 0.2) is 53.1 Å². The molecule has 1 aromatic carbocycles. The third-order valence-corrected chi connectivity index (χ3v) is 4.88. The van der Waals surface area contributed by atoms with Crippen molar-refractivity contribution >= 4 is 11.9 Å². The molecule has 10 heteroatoms. The zero-order valence-electron chi connectivity index (χ0n) is 16.7. The van der Waals surface area contributed by atoms with Crippen LogP contribution in [0.1, 0.15) is 19.0 Å². The van der Waals surface area contributed by atoms with Crippen molar-refractivity contribution in [3.8, 4) is 5.75 Å². The standard InChI is InChI=1S/C21H23NO9/c1-12(23)22-17-19(27-11-16(24)25)18-15(10-28-20(31-18)14-8-5-9-26-14)30-21(17)29-13-6-3-2-4-7-13/h2-9,15,17-21H,10-11H2,1H3,(H,22,23)(H,24,25)/t15-,17-,18-,19-,20+,21-/m1/s1. The number of amides is 1. The zero-order chi connectivity index (χ0) is 21.8. The van der Waals surface area contributed by atoms with Gasteiger partial charge < -0.3 is 38.5 Å². The fraction of sp³-hybridized carbons (Fsp3) is 0.429. The first-order chi connectivity index (χ1) is 15.0. The van der Waals surface area contributed by atoms with Crippen molar-refractivity contribution in [3.05, 3.63) is 54.5 Å². The number of nitrogens with one attached hydrogen (secondary N) is 1. The van der Waals surface area contributed by atoms with Crippen LogP contribution in [0.2, 0.25) is 0 Å². The smallest absolute Gasteiger partial charge is 0.329 e. The third-order valence-electron chi connectivity index (χ3n) is 4.88. The average molecular weight is 433 g/mol. The number of benzene rings is 1. The van der Waals surface area contributed by atoms with E-state index in [0.717, 1.165) is 0 Å². The summed E-state index contributed by atoms with van der Waals surface area (Å²) in [7, 11) is 0. The van der Waals surface area contributed by atoms with Crippen LogP contribution >= 0.6 is 0 Å². The number of carboxylic acids is 1. The van der Waals surface area contributed by atoms with E-state index in [1.165, 1.54) is 13.2 Å². The van der Waals surface area contributed by atoms with Gasteiger partial charge in [-0.1, -0.05) is 18.2 Å². The number of para-hydroxylation sites is 1. The van der Waals surface area contributed by atoms with Gasteiger partial charge in [0.2, 0.25) is 18.5 Å². The molecule has 31 heavy (non-hydrogen) atoms. The second kappa shape index (κ2) is 9.48. The molecule has 2 aliphatic rings. The van der Waals surface area contributed by atoms with E-state index in [-0.39, 0.29) is 12.5 Å². The van der Waals surface area contributed by atoms with Gasteiger partial charge in [-0.05, 0) is 24.3 Å². The number of aliphatic carboxylic acids is 1. The van der Waals surface area contributed by atoms with Crippen molar-refractivity contribution in [2.24, 2.45) is 0 Å². The van der Waals surface area contributed by atoms with E-state index in [2.05, 4.69) is 5.32 Å². The number of carbonyl (C=O) groups excluding carboxylic acids is 1. The maximum Gasteiger partial charge on any atom is 0.329 e. The van der Waals surface area contributed by atoms with Crippen molar-refractivity contribution in [2.75, 3.05) is 13.2 Å². The molecule has 0 aliphatic carbocycles. The number of fused-ring (bicyclic) bond motifs is 1. The molecule has 10 nitrogen and oxygen atoms in total.